The van der Waals surface area contributed by atoms with E-state index >= 15 is 0 Å². The van der Waals surface area contributed by atoms with Crippen molar-refractivity contribution < 1.29 is 14.7 Å². The molecule has 0 fully saturated rings. The maximum atomic E-state index is 11.8. The van der Waals surface area contributed by atoms with E-state index < -0.39 is 12.4 Å². The van der Waals surface area contributed by atoms with Crippen LogP contribution in [0.25, 0.3) is 0 Å². The lowest BCUT2D eigenvalue weighted by molar-refractivity contribution is -0.144. The van der Waals surface area contributed by atoms with Crippen LogP contribution >= 0.6 is 24.8 Å². The maximum absolute atomic E-state index is 11.8. The average molecular weight is 346 g/mol. The quantitative estimate of drug-likeness (QED) is 0.599. The van der Waals surface area contributed by atoms with Gasteiger partial charge in [0.2, 0.25) is 5.91 Å². The Kier molecular flexibility index (Phi) is 17.4. The van der Waals surface area contributed by atoms with Gasteiger partial charge in [0.1, 0.15) is 6.42 Å². The molecule has 0 saturated carbocycles. The molecule has 0 unspecified atom stereocenters. The molecule has 21 heavy (non-hydrogen) atoms. The van der Waals surface area contributed by atoms with E-state index in [2.05, 4.69) is 9.80 Å². The lowest BCUT2D eigenvalue weighted by Gasteiger charge is -2.23. The summed E-state index contributed by atoms with van der Waals surface area (Å²) in [6.45, 7) is 3.03. The number of carbonyl (C=O) groups is 2. The first-order valence-electron chi connectivity index (χ1n) is 6.62. The third kappa shape index (κ3) is 15.6. The molecule has 0 aromatic heterocycles. The molecule has 0 bridgehead atoms. The Bertz CT molecular complexity index is 276. The predicted molar refractivity (Wildman–Crippen MR) is 89.7 cm³/mol. The molecule has 0 aliphatic rings. The lowest BCUT2D eigenvalue weighted by Crippen LogP contribution is -2.36. The SMILES string of the molecule is CN(C)CCCN(CCCN(C)C)C(=O)CC(=O)O.Cl.Cl. The molecule has 0 aromatic rings. The van der Waals surface area contributed by atoms with Gasteiger partial charge in [-0.2, -0.15) is 0 Å². The normalized spacial score (nSPS) is 10.0. The second kappa shape index (κ2) is 14.4. The average Bonchev–Trinajstić information content (AvgIpc) is 2.25. The Hall–Kier alpha value is -0.560. The van der Waals surface area contributed by atoms with E-state index in [1.807, 2.05) is 28.2 Å². The van der Waals surface area contributed by atoms with Crippen molar-refractivity contribution in [3.63, 3.8) is 0 Å². The fraction of sp³-hybridized carbons (Fsp3) is 0.846. The van der Waals surface area contributed by atoms with E-state index in [4.69, 9.17) is 5.11 Å². The Morgan fingerprint density at radius 1 is 0.810 bits per heavy atom. The van der Waals surface area contributed by atoms with Crippen LogP contribution in [0.15, 0.2) is 0 Å². The molecule has 0 radical (unpaired) electrons. The maximum Gasteiger partial charge on any atom is 0.312 e. The van der Waals surface area contributed by atoms with Crippen LogP contribution in [0.1, 0.15) is 19.3 Å². The van der Waals surface area contributed by atoms with Crippen LogP contribution in [-0.4, -0.2) is 86.1 Å². The summed E-state index contributed by atoms with van der Waals surface area (Å²) < 4.78 is 0. The summed E-state index contributed by atoms with van der Waals surface area (Å²) in [5.41, 5.74) is 0. The van der Waals surface area contributed by atoms with Crippen molar-refractivity contribution in [1.29, 1.82) is 0 Å². The minimum absolute atomic E-state index is 0. The third-order valence-corrected chi connectivity index (χ3v) is 2.72. The number of aliphatic carboxylic acids is 1. The number of carbonyl (C=O) groups excluding carboxylic acids is 1. The molecule has 128 valence electrons. The molecule has 1 amide bonds. The number of hydrogen-bond donors (Lipinski definition) is 1. The molecular formula is C13H29Cl2N3O3. The van der Waals surface area contributed by atoms with E-state index in [0.29, 0.717) is 13.1 Å². The number of hydrogen-bond acceptors (Lipinski definition) is 4. The molecule has 0 saturated heterocycles. The number of carboxylic acids is 1. The highest BCUT2D eigenvalue weighted by Gasteiger charge is 2.16. The molecule has 1 N–H and O–H groups in total. The zero-order valence-electron chi connectivity index (χ0n) is 13.4. The molecule has 0 aliphatic heterocycles. The van der Waals surface area contributed by atoms with Crippen LogP contribution in [0.4, 0.5) is 0 Å². The summed E-state index contributed by atoms with van der Waals surface area (Å²) in [4.78, 5) is 28.2. The summed E-state index contributed by atoms with van der Waals surface area (Å²) in [5.74, 6) is -1.35. The smallest absolute Gasteiger partial charge is 0.312 e. The van der Waals surface area contributed by atoms with Gasteiger partial charge < -0.3 is 19.8 Å². The van der Waals surface area contributed by atoms with Gasteiger partial charge in [0.05, 0.1) is 0 Å². The van der Waals surface area contributed by atoms with Crippen molar-refractivity contribution in [2.75, 3.05) is 54.4 Å². The molecule has 0 spiro atoms. The lowest BCUT2D eigenvalue weighted by atomic mass is 10.2. The second-order valence-corrected chi connectivity index (χ2v) is 5.26. The molecule has 0 aliphatic carbocycles. The Labute approximate surface area is 140 Å². The molecule has 0 aromatic carbocycles. The topological polar surface area (TPSA) is 64.1 Å². The van der Waals surface area contributed by atoms with E-state index in [1.54, 1.807) is 4.90 Å². The molecule has 0 atom stereocenters. The number of carboxylic acid groups (broad SMARTS) is 1. The summed E-state index contributed by atoms with van der Waals surface area (Å²) in [6, 6.07) is 0. The van der Waals surface area contributed by atoms with Crippen LogP contribution < -0.4 is 0 Å². The third-order valence-electron chi connectivity index (χ3n) is 2.72. The molecule has 0 rings (SSSR count). The fourth-order valence-corrected chi connectivity index (χ4v) is 1.76. The zero-order valence-corrected chi connectivity index (χ0v) is 15.0. The van der Waals surface area contributed by atoms with Gasteiger partial charge in [-0.25, -0.2) is 0 Å². The van der Waals surface area contributed by atoms with Gasteiger partial charge in [0.25, 0.3) is 0 Å². The van der Waals surface area contributed by atoms with Crippen molar-refractivity contribution >= 4 is 36.7 Å². The standard InChI is InChI=1S/C13H27N3O3.2ClH/c1-14(2)7-5-9-16(10-6-8-15(3)4)12(17)11-13(18)19;;/h5-11H2,1-4H3,(H,18,19);2*1H. The van der Waals surface area contributed by atoms with E-state index in [0.717, 1.165) is 25.9 Å². The highest BCUT2D eigenvalue weighted by molar-refractivity contribution is 5.93. The first kappa shape index (κ1) is 25.4. The Morgan fingerprint density at radius 3 is 1.48 bits per heavy atom. The number of halogens is 2. The molecule has 0 heterocycles. The van der Waals surface area contributed by atoms with E-state index in [9.17, 15) is 9.59 Å². The molecule has 8 heteroatoms. The first-order valence-corrected chi connectivity index (χ1v) is 6.62. The van der Waals surface area contributed by atoms with Crippen molar-refractivity contribution in [2.45, 2.75) is 19.3 Å². The van der Waals surface area contributed by atoms with Gasteiger partial charge in [-0.15, -0.1) is 24.8 Å². The fourth-order valence-electron chi connectivity index (χ4n) is 1.76. The van der Waals surface area contributed by atoms with Gasteiger partial charge >= 0.3 is 5.97 Å². The summed E-state index contributed by atoms with van der Waals surface area (Å²) in [6.07, 6.45) is 1.31. The van der Waals surface area contributed by atoms with Crippen LogP contribution in [0.2, 0.25) is 0 Å². The van der Waals surface area contributed by atoms with Crippen molar-refractivity contribution in [1.82, 2.24) is 14.7 Å². The van der Waals surface area contributed by atoms with Crippen LogP contribution in [0.3, 0.4) is 0 Å². The summed E-state index contributed by atoms with van der Waals surface area (Å²) in [5, 5.41) is 8.70. The second-order valence-electron chi connectivity index (χ2n) is 5.26. The number of nitrogens with zero attached hydrogens (tertiary/aromatic N) is 3. The van der Waals surface area contributed by atoms with Crippen LogP contribution in [0, 0.1) is 0 Å². The molecule has 6 nitrogen and oxygen atoms in total. The van der Waals surface area contributed by atoms with Crippen molar-refractivity contribution in [3.05, 3.63) is 0 Å². The number of rotatable bonds is 10. The van der Waals surface area contributed by atoms with E-state index in [-0.39, 0.29) is 30.7 Å². The highest BCUT2D eigenvalue weighted by Crippen LogP contribution is 2.00. The minimum atomic E-state index is -1.06. The number of amides is 1. The Balaban J connectivity index is -0.00000162. The van der Waals surface area contributed by atoms with Gasteiger partial charge in [-0.1, -0.05) is 0 Å². The van der Waals surface area contributed by atoms with Crippen LogP contribution in [-0.2, 0) is 9.59 Å². The monoisotopic (exact) mass is 345 g/mol. The molecular weight excluding hydrogens is 317 g/mol. The van der Waals surface area contributed by atoms with Gasteiger partial charge in [-0.05, 0) is 54.1 Å². The highest BCUT2D eigenvalue weighted by atomic mass is 35.5. The largest absolute Gasteiger partial charge is 0.481 e. The predicted octanol–water partition coefficient (Wildman–Crippen LogP) is 1.04. The van der Waals surface area contributed by atoms with Crippen molar-refractivity contribution in [3.8, 4) is 0 Å². The van der Waals surface area contributed by atoms with Gasteiger partial charge in [-0.3, -0.25) is 9.59 Å². The first-order chi connectivity index (χ1) is 8.82. The summed E-state index contributed by atoms with van der Waals surface area (Å²) >= 11 is 0. The van der Waals surface area contributed by atoms with E-state index in [1.165, 1.54) is 0 Å². The Morgan fingerprint density at radius 2 is 1.19 bits per heavy atom. The van der Waals surface area contributed by atoms with Crippen LogP contribution in [0.5, 0.6) is 0 Å². The zero-order chi connectivity index (χ0) is 14.8. The van der Waals surface area contributed by atoms with Gasteiger partial charge in [0, 0.05) is 13.1 Å². The summed E-state index contributed by atoms with van der Waals surface area (Å²) in [7, 11) is 7.93. The van der Waals surface area contributed by atoms with Gasteiger partial charge in [0.15, 0.2) is 0 Å². The van der Waals surface area contributed by atoms with Crippen molar-refractivity contribution in [2.24, 2.45) is 0 Å². The minimum Gasteiger partial charge on any atom is -0.481 e.